The lowest BCUT2D eigenvalue weighted by Crippen LogP contribution is -2.21. The molecule has 1 aromatic heterocycles. The van der Waals surface area contributed by atoms with Gasteiger partial charge in [0, 0.05) is 16.5 Å². The molecule has 1 fully saturated rings. The maximum atomic E-state index is 9.58. The van der Waals surface area contributed by atoms with Crippen molar-refractivity contribution in [3.63, 3.8) is 0 Å². The van der Waals surface area contributed by atoms with Crippen LogP contribution in [0.1, 0.15) is 29.7 Å². The lowest BCUT2D eigenvalue weighted by Gasteiger charge is -2.15. The Hall–Kier alpha value is -0.410. The highest BCUT2D eigenvalue weighted by molar-refractivity contribution is 7.11. The molecule has 1 heterocycles. The highest BCUT2D eigenvalue weighted by atomic mass is 32.1. The van der Waals surface area contributed by atoms with E-state index in [9.17, 15) is 5.11 Å². The van der Waals surface area contributed by atoms with Gasteiger partial charge in [-0.15, -0.1) is 11.3 Å². The van der Waals surface area contributed by atoms with Crippen LogP contribution in [0, 0.1) is 6.92 Å². The Morgan fingerprint density at radius 3 is 2.67 bits per heavy atom. The van der Waals surface area contributed by atoms with E-state index in [4.69, 9.17) is 0 Å². The van der Waals surface area contributed by atoms with Gasteiger partial charge < -0.3 is 5.11 Å². The summed E-state index contributed by atoms with van der Waals surface area (Å²) in [7, 11) is 0. The molecule has 0 aliphatic heterocycles. The van der Waals surface area contributed by atoms with Crippen molar-refractivity contribution in [2.24, 2.45) is 0 Å². The summed E-state index contributed by atoms with van der Waals surface area (Å²) in [5.41, 5.74) is 0.0753. The van der Waals surface area contributed by atoms with Crippen LogP contribution in [-0.4, -0.2) is 16.2 Å². The number of aliphatic hydroxyl groups is 1. The highest BCUT2D eigenvalue weighted by Gasteiger charge is 2.49. The van der Waals surface area contributed by atoms with E-state index >= 15 is 0 Å². The van der Waals surface area contributed by atoms with Crippen LogP contribution in [-0.2, 0) is 5.41 Å². The number of rotatable bonds is 2. The van der Waals surface area contributed by atoms with Crippen LogP contribution >= 0.6 is 11.3 Å². The maximum Gasteiger partial charge on any atom is 0.0896 e. The van der Waals surface area contributed by atoms with E-state index in [0.717, 1.165) is 17.8 Å². The number of aromatic nitrogens is 1. The molecule has 1 aliphatic carbocycles. The Labute approximate surface area is 76.3 Å². The van der Waals surface area contributed by atoms with E-state index in [0.29, 0.717) is 0 Å². The number of thiazole rings is 1. The zero-order chi connectivity index (χ0) is 8.77. The van der Waals surface area contributed by atoms with Gasteiger partial charge in [0.2, 0.25) is 0 Å². The Bertz CT molecular complexity index is 288. The first-order chi connectivity index (χ1) is 5.65. The Balaban J connectivity index is 2.30. The van der Waals surface area contributed by atoms with Gasteiger partial charge in [-0.3, -0.25) is 0 Å². The molecular formula is C9H13NOS. The van der Waals surface area contributed by atoms with Crippen LogP contribution in [0.5, 0.6) is 0 Å². The topological polar surface area (TPSA) is 33.1 Å². The van der Waals surface area contributed by atoms with Gasteiger partial charge in [0.15, 0.2) is 0 Å². The van der Waals surface area contributed by atoms with E-state index in [1.165, 1.54) is 4.88 Å². The molecule has 1 unspecified atom stereocenters. The molecule has 1 N–H and O–H groups in total. The zero-order valence-electron chi connectivity index (χ0n) is 7.37. The van der Waals surface area contributed by atoms with Crippen molar-refractivity contribution < 1.29 is 5.11 Å². The molecule has 66 valence electrons. The molecule has 3 heteroatoms. The summed E-state index contributed by atoms with van der Waals surface area (Å²) in [4.78, 5) is 5.47. The zero-order valence-corrected chi connectivity index (χ0v) is 8.19. The molecule has 0 radical (unpaired) electrons. The summed E-state index contributed by atoms with van der Waals surface area (Å²) in [5, 5.41) is 10.7. The fraction of sp³-hybridized carbons (Fsp3) is 0.667. The number of nitrogens with zero attached hydrogens (tertiary/aromatic N) is 1. The number of aliphatic hydroxyl groups excluding tert-OH is 1. The van der Waals surface area contributed by atoms with Crippen molar-refractivity contribution in [2.75, 3.05) is 0 Å². The predicted molar refractivity (Wildman–Crippen MR) is 49.4 cm³/mol. The molecule has 12 heavy (non-hydrogen) atoms. The maximum absolute atomic E-state index is 9.58. The van der Waals surface area contributed by atoms with Crippen molar-refractivity contribution in [3.05, 3.63) is 16.1 Å². The molecule has 1 atom stereocenters. The Kier molecular flexibility index (Phi) is 1.73. The summed E-state index contributed by atoms with van der Waals surface area (Å²) in [6, 6.07) is 0. The van der Waals surface area contributed by atoms with Crippen LogP contribution in [0.25, 0.3) is 0 Å². The van der Waals surface area contributed by atoms with Crippen molar-refractivity contribution >= 4 is 11.3 Å². The van der Waals surface area contributed by atoms with Crippen LogP contribution in [0.2, 0.25) is 0 Å². The Morgan fingerprint density at radius 1 is 1.67 bits per heavy atom. The molecular weight excluding hydrogens is 170 g/mol. The summed E-state index contributed by atoms with van der Waals surface area (Å²) in [6.07, 6.45) is 3.93. The first-order valence-electron chi connectivity index (χ1n) is 4.26. The number of hydrogen-bond acceptors (Lipinski definition) is 3. The Morgan fingerprint density at radius 2 is 2.33 bits per heavy atom. The van der Waals surface area contributed by atoms with Crippen LogP contribution in [0.3, 0.4) is 0 Å². The molecule has 2 nitrogen and oxygen atoms in total. The molecule has 0 spiro atoms. The van der Waals surface area contributed by atoms with Crippen LogP contribution in [0.4, 0.5) is 0 Å². The second-order valence-electron chi connectivity index (χ2n) is 3.58. The third-order valence-corrected chi connectivity index (χ3v) is 3.83. The monoisotopic (exact) mass is 183 g/mol. The molecule has 0 bridgehead atoms. The average Bonchev–Trinajstić information content (AvgIpc) is 2.71. The number of aryl methyl sites for hydroxylation is 1. The van der Waals surface area contributed by atoms with Gasteiger partial charge in [0.25, 0.3) is 0 Å². The smallest absolute Gasteiger partial charge is 0.0896 e. The van der Waals surface area contributed by atoms with E-state index < -0.39 is 0 Å². The lowest BCUT2D eigenvalue weighted by molar-refractivity contribution is 0.152. The second-order valence-corrected chi connectivity index (χ2v) is 4.81. The van der Waals surface area contributed by atoms with Gasteiger partial charge in [0.1, 0.15) is 0 Å². The summed E-state index contributed by atoms with van der Waals surface area (Å²) >= 11 is 1.71. The van der Waals surface area contributed by atoms with Gasteiger partial charge >= 0.3 is 0 Å². The molecule has 0 aromatic carbocycles. The van der Waals surface area contributed by atoms with Gasteiger partial charge in [-0.05, 0) is 26.7 Å². The van der Waals surface area contributed by atoms with Crippen molar-refractivity contribution in [1.29, 1.82) is 0 Å². The molecule has 2 rings (SSSR count). The lowest BCUT2D eigenvalue weighted by atomic mass is 10.00. The van der Waals surface area contributed by atoms with Gasteiger partial charge in [-0.25, -0.2) is 4.98 Å². The molecule has 0 amide bonds. The van der Waals surface area contributed by atoms with Crippen molar-refractivity contribution in [3.8, 4) is 0 Å². The summed E-state index contributed by atoms with van der Waals surface area (Å²) in [5.74, 6) is 0. The van der Waals surface area contributed by atoms with Gasteiger partial charge in [-0.1, -0.05) is 0 Å². The first-order valence-corrected chi connectivity index (χ1v) is 5.08. The SMILES string of the molecule is Cc1ncc(C2(C(C)O)CC2)s1. The van der Waals surface area contributed by atoms with E-state index in [1.54, 1.807) is 11.3 Å². The normalized spacial score (nSPS) is 22.2. The third kappa shape index (κ3) is 1.08. The van der Waals surface area contributed by atoms with Gasteiger partial charge in [-0.2, -0.15) is 0 Å². The van der Waals surface area contributed by atoms with E-state index in [-0.39, 0.29) is 11.5 Å². The van der Waals surface area contributed by atoms with Gasteiger partial charge in [0.05, 0.1) is 11.1 Å². The summed E-state index contributed by atoms with van der Waals surface area (Å²) < 4.78 is 0. The fourth-order valence-electron chi connectivity index (χ4n) is 1.60. The largest absolute Gasteiger partial charge is 0.392 e. The number of hydrogen-bond donors (Lipinski definition) is 1. The minimum Gasteiger partial charge on any atom is -0.392 e. The predicted octanol–water partition coefficient (Wildman–Crippen LogP) is 1.86. The van der Waals surface area contributed by atoms with Crippen molar-refractivity contribution in [2.45, 2.75) is 38.2 Å². The molecule has 1 saturated carbocycles. The third-order valence-electron chi connectivity index (χ3n) is 2.70. The van der Waals surface area contributed by atoms with Crippen molar-refractivity contribution in [1.82, 2.24) is 4.98 Å². The van der Waals surface area contributed by atoms with Crippen LogP contribution in [0.15, 0.2) is 6.20 Å². The minimum absolute atomic E-state index is 0.0753. The summed E-state index contributed by atoms with van der Waals surface area (Å²) in [6.45, 7) is 3.88. The standard InChI is InChI=1S/C9H13NOS/c1-6(11)9(3-4-9)8-5-10-7(2)12-8/h5-6,11H,3-4H2,1-2H3. The molecule has 1 aliphatic rings. The molecule has 1 aromatic rings. The van der Waals surface area contributed by atoms with E-state index in [1.807, 2.05) is 20.0 Å². The van der Waals surface area contributed by atoms with Crippen LogP contribution < -0.4 is 0 Å². The van der Waals surface area contributed by atoms with E-state index in [2.05, 4.69) is 4.98 Å². The fourth-order valence-corrected chi connectivity index (χ4v) is 2.70. The quantitative estimate of drug-likeness (QED) is 0.759. The highest BCUT2D eigenvalue weighted by Crippen LogP contribution is 2.52. The average molecular weight is 183 g/mol. The second kappa shape index (κ2) is 2.54. The minimum atomic E-state index is -0.225. The first kappa shape index (κ1) is 8.20. The molecule has 0 saturated heterocycles.